The molecule has 0 atom stereocenters. The number of ether oxygens (including phenoxy) is 2. The van der Waals surface area contributed by atoms with E-state index >= 15 is 0 Å². The first-order valence-corrected chi connectivity index (χ1v) is 10.7. The minimum absolute atomic E-state index is 0.0386. The van der Waals surface area contributed by atoms with E-state index in [0.29, 0.717) is 32.8 Å². The molecule has 0 saturated carbocycles. The number of hydrazine groups is 1. The Labute approximate surface area is 193 Å². The van der Waals surface area contributed by atoms with Crippen LogP contribution in [0.25, 0.3) is 16.8 Å². The van der Waals surface area contributed by atoms with Crippen molar-refractivity contribution in [2.45, 2.75) is 0 Å². The van der Waals surface area contributed by atoms with E-state index in [1.807, 2.05) is 17.5 Å². The number of aliphatic hydroxyl groups excluding tert-OH is 1. The van der Waals surface area contributed by atoms with E-state index in [2.05, 4.69) is 10.4 Å². The molecule has 0 spiro atoms. The maximum Gasteiger partial charge on any atom is 0.269 e. The lowest BCUT2D eigenvalue weighted by atomic mass is 10.2. The number of aromatic nitrogens is 1. The Hall–Kier alpha value is -3.56. The summed E-state index contributed by atoms with van der Waals surface area (Å²) >= 11 is 7.25. The third-order valence-corrected chi connectivity index (χ3v) is 5.96. The first-order valence-electron chi connectivity index (χ1n) is 9.44. The number of amides is 1. The van der Waals surface area contributed by atoms with Gasteiger partial charge in [0.05, 0.1) is 32.0 Å². The van der Waals surface area contributed by atoms with E-state index in [0.717, 1.165) is 5.56 Å². The number of nitrogens with zero attached hydrogens (tertiary/aromatic N) is 2. The number of methoxy groups -OCH3 is 2. The maximum absolute atomic E-state index is 12.7. The molecule has 4 rings (SSSR count). The van der Waals surface area contributed by atoms with Gasteiger partial charge in [-0.3, -0.25) is 20.6 Å². The van der Waals surface area contributed by atoms with E-state index in [9.17, 15) is 9.90 Å². The minimum atomic E-state index is -0.453. The molecule has 2 heterocycles. The average Bonchev–Trinajstić information content (AvgIpc) is 3.37. The zero-order valence-corrected chi connectivity index (χ0v) is 18.8. The van der Waals surface area contributed by atoms with Gasteiger partial charge < -0.3 is 14.6 Å². The second-order valence-corrected chi connectivity index (χ2v) is 8.11. The van der Waals surface area contributed by atoms with E-state index in [4.69, 9.17) is 26.5 Å². The number of aliphatic hydroxyl groups is 1. The molecule has 0 fully saturated rings. The molecule has 0 radical (unpaired) electrons. The number of hydrogen-bond donors (Lipinski definition) is 3. The summed E-state index contributed by atoms with van der Waals surface area (Å²) in [5.41, 5.74) is 4.83. The van der Waals surface area contributed by atoms with Gasteiger partial charge in [-0.05, 0) is 30.3 Å². The Balaban J connectivity index is 1.50. The molecule has 0 unspecified atom stereocenters. The Morgan fingerprint density at radius 2 is 1.91 bits per heavy atom. The highest BCUT2D eigenvalue weighted by Crippen LogP contribution is 2.32. The number of carbonyl (C=O) groups is 1. The summed E-state index contributed by atoms with van der Waals surface area (Å²) in [6.45, 7) is -0.0386. The zero-order chi connectivity index (χ0) is 22.8. The van der Waals surface area contributed by atoms with Gasteiger partial charge in [-0.2, -0.15) is 0 Å². The van der Waals surface area contributed by atoms with E-state index in [-0.39, 0.29) is 23.7 Å². The number of nitrogens with one attached hydrogen (secondary N) is 2. The Morgan fingerprint density at radius 3 is 2.59 bits per heavy atom. The van der Waals surface area contributed by atoms with Gasteiger partial charge in [0.1, 0.15) is 10.8 Å². The molecule has 3 aromatic rings. The zero-order valence-electron chi connectivity index (χ0n) is 17.2. The smallest absolute Gasteiger partial charge is 0.269 e. The summed E-state index contributed by atoms with van der Waals surface area (Å²) in [6, 6.07) is 12.0. The van der Waals surface area contributed by atoms with Gasteiger partial charge in [0.2, 0.25) is 0 Å². The van der Waals surface area contributed by atoms with Crippen LogP contribution in [-0.2, 0) is 0 Å². The van der Waals surface area contributed by atoms with Crippen molar-refractivity contribution >= 4 is 40.3 Å². The molecule has 2 aromatic carbocycles. The molecule has 1 aromatic heterocycles. The third kappa shape index (κ3) is 4.12. The molecule has 0 saturated heterocycles. The van der Waals surface area contributed by atoms with Crippen molar-refractivity contribution in [1.82, 2.24) is 15.4 Å². The molecule has 10 heteroatoms. The molecule has 1 aliphatic rings. The highest BCUT2D eigenvalue weighted by molar-refractivity contribution is 7.11. The van der Waals surface area contributed by atoms with E-state index in [1.54, 1.807) is 30.3 Å². The average molecular weight is 471 g/mol. The number of amidine groups is 1. The van der Waals surface area contributed by atoms with Crippen LogP contribution < -0.4 is 14.9 Å². The highest BCUT2D eigenvalue weighted by atomic mass is 35.5. The number of hydrogen-bond acceptors (Lipinski definition) is 7. The normalized spacial score (nSPS) is 13.5. The van der Waals surface area contributed by atoms with E-state index < -0.39 is 5.91 Å². The lowest BCUT2D eigenvalue weighted by Crippen LogP contribution is -2.43. The molecule has 0 bridgehead atoms. The van der Waals surface area contributed by atoms with Crippen LogP contribution in [0.1, 0.15) is 15.4 Å². The van der Waals surface area contributed by atoms with Crippen LogP contribution in [0.2, 0.25) is 5.02 Å². The summed E-state index contributed by atoms with van der Waals surface area (Å²) in [7, 11) is 2.99. The van der Waals surface area contributed by atoms with Crippen LogP contribution in [0.5, 0.6) is 11.5 Å². The molecule has 164 valence electrons. The van der Waals surface area contributed by atoms with Crippen molar-refractivity contribution < 1.29 is 19.4 Å². The lowest BCUT2D eigenvalue weighted by Gasteiger charge is -2.19. The highest BCUT2D eigenvalue weighted by Gasteiger charge is 2.32. The maximum atomic E-state index is 12.7. The van der Waals surface area contributed by atoms with Crippen molar-refractivity contribution in [3.63, 3.8) is 0 Å². The molecule has 1 amide bonds. The summed E-state index contributed by atoms with van der Waals surface area (Å²) in [6.07, 6.45) is 0. The van der Waals surface area contributed by atoms with Crippen molar-refractivity contribution in [3.8, 4) is 22.8 Å². The first-order chi connectivity index (χ1) is 15.4. The van der Waals surface area contributed by atoms with Gasteiger partial charge in [0.25, 0.3) is 5.91 Å². The van der Waals surface area contributed by atoms with Crippen LogP contribution in [0.3, 0.4) is 0 Å². The summed E-state index contributed by atoms with van der Waals surface area (Å²) < 4.78 is 10.4. The van der Waals surface area contributed by atoms with Crippen molar-refractivity contribution in [2.24, 2.45) is 0 Å². The minimum Gasteiger partial charge on any atom is -0.509 e. The van der Waals surface area contributed by atoms with Gasteiger partial charge in [-0.1, -0.05) is 23.7 Å². The Bertz CT molecular complexity index is 1220. The standard InChI is InChI=1S/C22H19ClN4O4S/c1-30-17-8-5-13(9-18(17)31-2)21(29)26-27-10-16(28)19(20(27)24)22-25-15(11-32-22)12-3-6-14(23)7-4-12/h3-9,11,24,28H,10H2,1-2H3,(H,26,29). The predicted octanol–water partition coefficient (Wildman–Crippen LogP) is 4.39. The fraction of sp³-hybridized carbons (Fsp3) is 0.136. The monoisotopic (exact) mass is 470 g/mol. The number of carbonyl (C=O) groups excluding carboxylic acids is 1. The number of halogens is 1. The van der Waals surface area contributed by atoms with Gasteiger partial charge in [0, 0.05) is 21.5 Å². The van der Waals surface area contributed by atoms with Gasteiger partial charge >= 0.3 is 0 Å². The Kier molecular flexibility index (Phi) is 6.02. The van der Waals surface area contributed by atoms with Crippen LogP contribution in [-0.4, -0.2) is 47.6 Å². The van der Waals surface area contributed by atoms with Gasteiger partial charge in [-0.25, -0.2) is 4.98 Å². The second kappa shape index (κ2) is 8.89. The van der Waals surface area contributed by atoms with Crippen LogP contribution >= 0.6 is 22.9 Å². The van der Waals surface area contributed by atoms with E-state index in [1.165, 1.54) is 30.6 Å². The topological polar surface area (TPSA) is 108 Å². The number of thiazole rings is 1. The fourth-order valence-electron chi connectivity index (χ4n) is 3.21. The van der Waals surface area contributed by atoms with Crippen molar-refractivity contribution in [1.29, 1.82) is 5.41 Å². The van der Waals surface area contributed by atoms with Crippen LogP contribution in [0.4, 0.5) is 0 Å². The second-order valence-electron chi connectivity index (χ2n) is 6.81. The molecule has 8 nitrogen and oxygen atoms in total. The van der Waals surface area contributed by atoms with Crippen LogP contribution in [0, 0.1) is 5.41 Å². The molecule has 0 aliphatic carbocycles. The molecular weight excluding hydrogens is 452 g/mol. The van der Waals surface area contributed by atoms with Crippen molar-refractivity contribution in [3.05, 3.63) is 69.2 Å². The largest absolute Gasteiger partial charge is 0.509 e. The molecule has 3 N–H and O–H groups in total. The quantitative estimate of drug-likeness (QED) is 0.493. The van der Waals surface area contributed by atoms with Crippen molar-refractivity contribution in [2.75, 3.05) is 20.8 Å². The lowest BCUT2D eigenvalue weighted by molar-refractivity contribution is 0.0874. The Morgan fingerprint density at radius 1 is 1.19 bits per heavy atom. The molecule has 1 aliphatic heterocycles. The van der Waals surface area contributed by atoms with Gasteiger partial charge in [0.15, 0.2) is 17.3 Å². The van der Waals surface area contributed by atoms with Gasteiger partial charge in [-0.15, -0.1) is 11.3 Å². The SMILES string of the molecule is COc1ccc(C(=O)NN2CC(O)=C(c3nc(-c4ccc(Cl)cc4)cs3)C2=N)cc1OC. The number of rotatable bonds is 6. The fourth-order valence-corrected chi connectivity index (χ4v) is 4.23. The summed E-state index contributed by atoms with van der Waals surface area (Å²) in [5, 5.41) is 23.2. The first kappa shape index (κ1) is 21.7. The summed E-state index contributed by atoms with van der Waals surface area (Å²) in [5.74, 6) is 0.370. The predicted molar refractivity (Wildman–Crippen MR) is 124 cm³/mol. The molecule has 32 heavy (non-hydrogen) atoms. The summed E-state index contributed by atoms with van der Waals surface area (Å²) in [4.78, 5) is 17.3. The third-order valence-electron chi connectivity index (χ3n) is 4.84. The molecular formula is C22H19ClN4O4S. The number of benzene rings is 2. The van der Waals surface area contributed by atoms with Crippen LogP contribution in [0.15, 0.2) is 53.6 Å².